The van der Waals surface area contributed by atoms with Crippen molar-refractivity contribution in [2.45, 2.75) is 12.1 Å². The quantitative estimate of drug-likeness (QED) is 0.626. The summed E-state index contributed by atoms with van der Waals surface area (Å²) >= 11 is 0. The van der Waals surface area contributed by atoms with Crippen LogP contribution < -0.4 is 14.4 Å². The minimum Gasteiger partial charge on any atom is -0.497 e. The fourth-order valence-electron chi connectivity index (χ4n) is 2.29. The number of aldehydes is 1. The number of nitrogens with zero attached hydrogens (tertiary/aromatic N) is 1. The summed E-state index contributed by atoms with van der Waals surface area (Å²) in [7, 11) is 1.54. The molecule has 1 amide bonds. The van der Waals surface area contributed by atoms with E-state index in [9.17, 15) is 9.59 Å². The van der Waals surface area contributed by atoms with E-state index in [1.165, 1.54) is 7.11 Å². The Morgan fingerprint density at radius 3 is 2.36 bits per heavy atom. The number of rotatable bonds is 5. The molecule has 0 saturated carbocycles. The highest BCUT2D eigenvalue weighted by Gasteiger charge is 2.50. The van der Waals surface area contributed by atoms with Crippen LogP contribution in [0.1, 0.15) is 1.37 Å². The highest BCUT2D eigenvalue weighted by Crippen LogP contribution is 2.31. The molecule has 22 heavy (non-hydrogen) atoms. The molecule has 0 spiro atoms. The first kappa shape index (κ1) is 12.9. The van der Waals surface area contributed by atoms with Crippen LogP contribution in [0.4, 0.5) is 5.69 Å². The average molecular weight is 298 g/mol. The van der Waals surface area contributed by atoms with Crippen molar-refractivity contribution in [2.75, 3.05) is 12.0 Å². The number of β-lactam (4-membered cyclic amide) rings is 1. The molecule has 1 aliphatic rings. The molecule has 0 radical (unpaired) electrons. The summed E-state index contributed by atoms with van der Waals surface area (Å²) < 4.78 is 18.9. The van der Waals surface area contributed by atoms with Gasteiger partial charge in [-0.2, -0.15) is 0 Å². The molecule has 5 nitrogen and oxygen atoms in total. The summed E-state index contributed by atoms with van der Waals surface area (Å²) in [4.78, 5) is 25.0. The molecular weight excluding hydrogens is 282 g/mol. The lowest BCUT2D eigenvalue weighted by molar-refractivity contribution is -0.138. The van der Waals surface area contributed by atoms with E-state index in [-0.39, 0.29) is 0 Å². The van der Waals surface area contributed by atoms with Crippen LogP contribution >= 0.6 is 0 Å². The maximum Gasteiger partial charge on any atom is 0.271 e. The topological polar surface area (TPSA) is 55.8 Å². The van der Waals surface area contributed by atoms with Gasteiger partial charge in [-0.3, -0.25) is 9.69 Å². The smallest absolute Gasteiger partial charge is 0.271 e. The van der Waals surface area contributed by atoms with Gasteiger partial charge >= 0.3 is 0 Å². The number of para-hydroxylation sites is 1. The lowest BCUT2D eigenvalue weighted by Gasteiger charge is -2.43. The van der Waals surface area contributed by atoms with E-state index in [1.54, 1.807) is 48.5 Å². The summed E-state index contributed by atoms with van der Waals surface area (Å²) in [6.07, 6.45) is -0.740. The summed E-state index contributed by atoms with van der Waals surface area (Å²) in [5.74, 6) is 0.639. The molecule has 112 valence electrons. The SMILES string of the molecule is [2H][C@]1(C=O)[C@H](Oc2ccccc2)C(=O)N1c1ccc(OC)cc1. The Labute approximate surface area is 129 Å². The second kappa shape index (κ2) is 5.89. The summed E-state index contributed by atoms with van der Waals surface area (Å²) in [6, 6.07) is 13.5. The van der Waals surface area contributed by atoms with Crippen molar-refractivity contribution in [3.8, 4) is 11.5 Å². The van der Waals surface area contributed by atoms with Crippen molar-refractivity contribution in [1.29, 1.82) is 0 Å². The first-order valence-corrected chi connectivity index (χ1v) is 6.76. The van der Waals surface area contributed by atoms with Gasteiger partial charge in [0.05, 0.1) is 8.48 Å². The van der Waals surface area contributed by atoms with Crippen molar-refractivity contribution < 1.29 is 20.4 Å². The predicted molar refractivity (Wildman–Crippen MR) is 81.2 cm³/mol. The molecule has 2 aromatic rings. The van der Waals surface area contributed by atoms with Gasteiger partial charge in [0.15, 0.2) is 0 Å². The second-order valence-corrected chi connectivity index (χ2v) is 4.73. The molecule has 3 rings (SSSR count). The maximum absolute atomic E-state index is 12.4. The van der Waals surface area contributed by atoms with E-state index < -0.39 is 18.0 Å². The van der Waals surface area contributed by atoms with Crippen LogP contribution in [0.5, 0.6) is 11.5 Å². The lowest BCUT2D eigenvalue weighted by Crippen LogP contribution is -2.68. The van der Waals surface area contributed by atoms with Crippen molar-refractivity contribution in [2.24, 2.45) is 0 Å². The highest BCUT2D eigenvalue weighted by atomic mass is 16.5. The van der Waals surface area contributed by atoms with Gasteiger partial charge < -0.3 is 14.3 Å². The Balaban J connectivity index is 1.86. The molecule has 1 saturated heterocycles. The number of methoxy groups -OCH3 is 1. The Bertz CT molecular complexity index is 719. The Hall–Kier alpha value is -2.82. The number of hydrogen-bond acceptors (Lipinski definition) is 4. The predicted octanol–water partition coefficient (Wildman–Crippen LogP) is 2.06. The van der Waals surface area contributed by atoms with Crippen LogP contribution in [0.3, 0.4) is 0 Å². The van der Waals surface area contributed by atoms with Gasteiger partial charge in [0.25, 0.3) is 5.91 Å². The van der Waals surface area contributed by atoms with Crippen molar-refractivity contribution in [3.05, 3.63) is 54.6 Å². The fraction of sp³-hybridized carbons (Fsp3) is 0.176. The zero-order valence-corrected chi connectivity index (χ0v) is 11.9. The van der Waals surface area contributed by atoms with Gasteiger partial charge in [0.2, 0.25) is 6.10 Å². The van der Waals surface area contributed by atoms with E-state index >= 15 is 0 Å². The van der Waals surface area contributed by atoms with E-state index in [0.29, 0.717) is 23.5 Å². The van der Waals surface area contributed by atoms with Gasteiger partial charge in [-0.1, -0.05) is 18.2 Å². The number of amides is 1. The number of carbonyl (C=O) groups excluding carboxylic acids is 2. The number of benzene rings is 2. The summed E-state index contributed by atoms with van der Waals surface area (Å²) in [5, 5.41) is 0. The second-order valence-electron chi connectivity index (χ2n) is 4.73. The average Bonchev–Trinajstić information content (AvgIpc) is 2.61. The standard InChI is InChI=1S/C17H15NO4/c1-21-13-9-7-12(8-10-13)18-15(11-19)16(17(18)20)22-14-5-3-2-4-6-14/h2-11,15-16H,1H3/t15-,16-/m0/s1/i15D. The minimum absolute atomic E-state index is 0.423. The number of hydrogen-bond donors (Lipinski definition) is 0. The molecule has 0 N–H and O–H groups in total. The molecule has 1 fully saturated rings. The number of ether oxygens (including phenoxy) is 2. The van der Waals surface area contributed by atoms with E-state index in [1.807, 2.05) is 6.07 Å². The van der Waals surface area contributed by atoms with Gasteiger partial charge in [-0.15, -0.1) is 0 Å². The Kier molecular flexibility index (Phi) is 3.45. The molecule has 5 heteroatoms. The van der Waals surface area contributed by atoms with Crippen LogP contribution in [-0.4, -0.2) is 31.4 Å². The van der Waals surface area contributed by atoms with Gasteiger partial charge in [-0.25, -0.2) is 0 Å². The third kappa shape index (κ3) is 2.41. The van der Waals surface area contributed by atoms with Crippen LogP contribution in [0.25, 0.3) is 0 Å². The molecule has 0 aliphatic carbocycles. The molecule has 2 atom stereocenters. The molecule has 1 aliphatic heterocycles. The Morgan fingerprint density at radius 1 is 1.09 bits per heavy atom. The third-order valence-electron chi connectivity index (χ3n) is 3.42. The highest BCUT2D eigenvalue weighted by molar-refractivity contribution is 6.10. The first-order chi connectivity index (χ1) is 11.1. The fourth-order valence-corrected chi connectivity index (χ4v) is 2.29. The number of anilines is 1. The molecule has 0 unspecified atom stereocenters. The summed E-state index contributed by atoms with van der Waals surface area (Å²) in [5.41, 5.74) is 0.450. The first-order valence-electron chi connectivity index (χ1n) is 7.26. The van der Waals surface area contributed by atoms with E-state index in [0.717, 1.165) is 4.90 Å². The van der Waals surface area contributed by atoms with Crippen LogP contribution in [-0.2, 0) is 9.59 Å². The monoisotopic (exact) mass is 298 g/mol. The molecular formula is C17H15NO4. The van der Waals surface area contributed by atoms with Gasteiger partial charge in [0, 0.05) is 5.69 Å². The Morgan fingerprint density at radius 2 is 1.77 bits per heavy atom. The van der Waals surface area contributed by atoms with Crippen molar-refractivity contribution in [1.82, 2.24) is 0 Å². The van der Waals surface area contributed by atoms with Crippen molar-refractivity contribution in [3.63, 3.8) is 0 Å². The largest absolute Gasteiger partial charge is 0.497 e. The zero-order valence-electron chi connectivity index (χ0n) is 12.9. The minimum atomic E-state index is -1.79. The molecule has 0 bridgehead atoms. The van der Waals surface area contributed by atoms with E-state index in [2.05, 4.69) is 0 Å². The van der Waals surface area contributed by atoms with Gasteiger partial charge in [0.1, 0.15) is 23.8 Å². The maximum atomic E-state index is 12.4. The van der Waals surface area contributed by atoms with Crippen molar-refractivity contribution >= 4 is 17.9 Å². The van der Waals surface area contributed by atoms with Crippen LogP contribution in [0, 0.1) is 0 Å². The van der Waals surface area contributed by atoms with Crippen LogP contribution in [0.2, 0.25) is 0 Å². The van der Waals surface area contributed by atoms with E-state index in [4.69, 9.17) is 10.8 Å². The van der Waals surface area contributed by atoms with Gasteiger partial charge in [-0.05, 0) is 36.4 Å². The molecule has 2 aromatic carbocycles. The number of carbonyl (C=O) groups is 2. The summed E-state index contributed by atoms with van der Waals surface area (Å²) in [6.45, 7) is 0. The molecule has 0 aromatic heterocycles. The normalized spacial score (nSPS) is 24.2. The van der Waals surface area contributed by atoms with Crippen LogP contribution in [0.15, 0.2) is 54.6 Å². The zero-order chi connectivity index (χ0) is 16.4. The lowest BCUT2D eigenvalue weighted by atomic mass is 9.97. The third-order valence-corrected chi connectivity index (χ3v) is 3.42. The molecule has 1 heterocycles.